The molecule has 4 aromatic rings. The predicted octanol–water partition coefficient (Wildman–Crippen LogP) is 3.82. The summed E-state index contributed by atoms with van der Waals surface area (Å²) in [5.74, 6) is -0.0400. The number of carbonyl (C=O) groups is 1. The number of carbonyl (C=O) groups excluding carboxylic acids is 1. The van der Waals surface area contributed by atoms with E-state index in [0.717, 1.165) is 22.3 Å². The fraction of sp³-hybridized carbons (Fsp3) is 0.182. The number of amides is 1. The summed E-state index contributed by atoms with van der Waals surface area (Å²) in [4.78, 5) is 23.0. The number of fused-ring (bicyclic) bond motifs is 2. The van der Waals surface area contributed by atoms with Gasteiger partial charge in [0.05, 0.1) is 17.9 Å². The Bertz CT molecular complexity index is 1240. The quantitative estimate of drug-likeness (QED) is 0.518. The van der Waals surface area contributed by atoms with Crippen molar-refractivity contribution in [1.82, 2.24) is 24.6 Å². The molecule has 7 nitrogen and oxygen atoms in total. The molecule has 0 atom stereocenters. The normalized spacial score (nSPS) is 13.4. The Morgan fingerprint density at radius 2 is 2.00 bits per heavy atom. The summed E-state index contributed by atoms with van der Waals surface area (Å²) in [6.07, 6.45) is 1.94. The maximum absolute atomic E-state index is 13.3. The summed E-state index contributed by atoms with van der Waals surface area (Å²) in [5.41, 5.74) is 3.78. The monoisotopic (exact) mass is 403 g/mol. The van der Waals surface area contributed by atoms with E-state index in [1.165, 1.54) is 12.1 Å². The largest absolute Gasteiger partial charge is 0.416 e. The molecule has 1 aliphatic rings. The molecule has 0 saturated carbocycles. The second kappa shape index (κ2) is 7.22. The molecular weight excluding hydrogens is 385 g/mol. The lowest BCUT2D eigenvalue weighted by Crippen LogP contribution is -2.38. The molecule has 1 aliphatic heterocycles. The van der Waals surface area contributed by atoms with Crippen LogP contribution in [0.25, 0.3) is 16.7 Å². The van der Waals surface area contributed by atoms with Gasteiger partial charge in [-0.15, -0.1) is 0 Å². The van der Waals surface area contributed by atoms with E-state index < -0.39 is 6.09 Å². The van der Waals surface area contributed by atoms with Gasteiger partial charge in [-0.3, -0.25) is 4.98 Å². The number of nitrogens with zero attached hydrogens (tertiary/aromatic N) is 5. The van der Waals surface area contributed by atoms with Crippen LogP contribution in [0, 0.1) is 12.7 Å². The van der Waals surface area contributed by atoms with Gasteiger partial charge in [0.15, 0.2) is 5.65 Å². The molecule has 1 aromatic carbocycles. The molecule has 0 saturated heterocycles. The number of aryl methyl sites for hydroxylation is 1. The maximum atomic E-state index is 13.3. The molecule has 1 amide bonds. The second-order valence-corrected chi connectivity index (χ2v) is 7.16. The minimum Gasteiger partial charge on any atom is -0.391 e. The van der Waals surface area contributed by atoms with Crippen LogP contribution in [0.3, 0.4) is 0 Å². The smallest absolute Gasteiger partial charge is 0.391 e. The zero-order valence-electron chi connectivity index (χ0n) is 16.2. The highest BCUT2D eigenvalue weighted by Gasteiger charge is 2.27. The molecule has 4 heterocycles. The zero-order chi connectivity index (χ0) is 20.7. The Morgan fingerprint density at radius 3 is 2.77 bits per heavy atom. The highest BCUT2D eigenvalue weighted by Crippen LogP contribution is 2.30. The van der Waals surface area contributed by atoms with Crippen molar-refractivity contribution in [3.8, 4) is 11.6 Å². The van der Waals surface area contributed by atoms with Crippen LogP contribution >= 0.6 is 0 Å². The molecule has 0 unspecified atom stereocenters. The lowest BCUT2D eigenvalue weighted by Gasteiger charge is -2.27. The molecule has 0 bridgehead atoms. The third kappa shape index (κ3) is 3.26. The lowest BCUT2D eigenvalue weighted by molar-refractivity contribution is 0.136. The number of ether oxygens (including phenoxy) is 1. The van der Waals surface area contributed by atoms with Gasteiger partial charge in [0.1, 0.15) is 5.82 Å². The maximum Gasteiger partial charge on any atom is 0.416 e. The molecule has 8 heteroatoms. The van der Waals surface area contributed by atoms with Crippen molar-refractivity contribution < 1.29 is 13.9 Å². The lowest BCUT2D eigenvalue weighted by atomic mass is 10.1. The average molecular weight is 403 g/mol. The highest BCUT2D eigenvalue weighted by atomic mass is 19.1. The minimum atomic E-state index is -0.435. The summed E-state index contributed by atoms with van der Waals surface area (Å²) in [5, 5.41) is 5.41. The standard InChI is InChI=1S/C22H18FN5O2/c1-14-19-12-15-13-27(11-9-17-4-2-3-10-24-17)22(29)30-21(15)25-20(19)28(26-14)18-7-5-16(23)6-8-18/h2-8,10,12H,9,11,13H2,1H3. The van der Waals surface area contributed by atoms with Crippen LogP contribution in [0.2, 0.25) is 0 Å². The van der Waals surface area contributed by atoms with Crippen molar-refractivity contribution in [1.29, 1.82) is 0 Å². The number of hydrogen-bond donors (Lipinski definition) is 0. The summed E-state index contributed by atoms with van der Waals surface area (Å²) < 4.78 is 20.4. The van der Waals surface area contributed by atoms with Crippen LogP contribution in [0.4, 0.5) is 9.18 Å². The zero-order valence-corrected chi connectivity index (χ0v) is 16.2. The first-order valence-electron chi connectivity index (χ1n) is 9.60. The van der Waals surface area contributed by atoms with Crippen LogP contribution in [0.1, 0.15) is 17.0 Å². The fourth-order valence-electron chi connectivity index (χ4n) is 3.55. The number of pyridine rings is 2. The molecule has 0 N–H and O–H groups in total. The Kier molecular flexibility index (Phi) is 4.39. The van der Waals surface area contributed by atoms with Crippen molar-refractivity contribution >= 4 is 17.1 Å². The molecule has 0 radical (unpaired) electrons. The van der Waals surface area contributed by atoms with Crippen molar-refractivity contribution in [3.63, 3.8) is 0 Å². The topological polar surface area (TPSA) is 73.1 Å². The van der Waals surface area contributed by atoms with E-state index in [0.29, 0.717) is 30.8 Å². The van der Waals surface area contributed by atoms with Gasteiger partial charge in [-0.1, -0.05) is 6.07 Å². The first-order valence-corrected chi connectivity index (χ1v) is 9.60. The molecule has 30 heavy (non-hydrogen) atoms. The van der Waals surface area contributed by atoms with Crippen LogP contribution in [-0.2, 0) is 13.0 Å². The van der Waals surface area contributed by atoms with Crippen LogP contribution in [-0.4, -0.2) is 37.3 Å². The van der Waals surface area contributed by atoms with Gasteiger partial charge < -0.3 is 9.64 Å². The second-order valence-electron chi connectivity index (χ2n) is 7.16. The van der Waals surface area contributed by atoms with E-state index in [4.69, 9.17) is 4.74 Å². The number of benzene rings is 1. The SMILES string of the molecule is Cc1nn(-c2ccc(F)cc2)c2nc3c(cc12)CN(CCc1ccccn1)C(=O)O3. The molecule has 5 rings (SSSR count). The van der Waals surface area contributed by atoms with E-state index in [1.54, 1.807) is 27.9 Å². The Morgan fingerprint density at radius 1 is 1.17 bits per heavy atom. The minimum absolute atomic E-state index is 0.282. The first kappa shape index (κ1) is 18.2. The van der Waals surface area contributed by atoms with Crippen LogP contribution in [0.15, 0.2) is 54.7 Å². The van der Waals surface area contributed by atoms with Crippen molar-refractivity contribution in [2.24, 2.45) is 0 Å². The Labute approximate surface area is 171 Å². The predicted molar refractivity (Wildman–Crippen MR) is 108 cm³/mol. The first-order chi connectivity index (χ1) is 14.6. The van der Waals surface area contributed by atoms with Gasteiger partial charge in [0, 0.05) is 35.8 Å². The molecule has 3 aromatic heterocycles. The van der Waals surface area contributed by atoms with E-state index in [2.05, 4.69) is 15.1 Å². The summed E-state index contributed by atoms with van der Waals surface area (Å²) in [6, 6.07) is 13.7. The highest BCUT2D eigenvalue weighted by molar-refractivity contribution is 5.83. The van der Waals surface area contributed by atoms with Crippen molar-refractivity contribution in [3.05, 3.63) is 77.5 Å². The van der Waals surface area contributed by atoms with E-state index >= 15 is 0 Å². The summed E-state index contributed by atoms with van der Waals surface area (Å²) in [7, 11) is 0. The van der Waals surface area contributed by atoms with Gasteiger partial charge in [-0.2, -0.15) is 10.1 Å². The van der Waals surface area contributed by atoms with Gasteiger partial charge in [-0.25, -0.2) is 13.9 Å². The number of aromatic nitrogens is 4. The Balaban J connectivity index is 1.46. The van der Waals surface area contributed by atoms with Gasteiger partial charge >= 0.3 is 6.09 Å². The van der Waals surface area contributed by atoms with Crippen molar-refractivity contribution in [2.45, 2.75) is 19.9 Å². The number of hydrogen-bond acceptors (Lipinski definition) is 5. The summed E-state index contributed by atoms with van der Waals surface area (Å²) >= 11 is 0. The molecule has 0 spiro atoms. The molecule has 0 fully saturated rings. The van der Waals surface area contributed by atoms with Gasteiger partial charge in [-0.05, 0) is 49.4 Å². The van der Waals surface area contributed by atoms with Gasteiger partial charge in [0.25, 0.3) is 0 Å². The van der Waals surface area contributed by atoms with Crippen LogP contribution < -0.4 is 4.74 Å². The Hall–Kier alpha value is -3.81. The van der Waals surface area contributed by atoms with Crippen LogP contribution in [0.5, 0.6) is 5.88 Å². The number of halogens is 1. The summed E-state index contributed by atoms with van der Waals surface area (Å²) in [6.45, 7) is 2.80. The molecule has 150 valence electrons. The third-order valence-corrected chi connectivity index (χ3v) is 5.12. The van der Waals surface area contributed by atoms with Crippen molar-refractivity contribution in [2.75, 3.05) is 6.54 Å². The van der Waals surface area contributed by atoms with Gasteiger partial charge in [0.2, 0.25) is 5.88 Å². The number of rotatable bonds is 4. The van der Waals surface area contributed by atoms with E-state index in [-0.39, 0.29) is 11.7 Å². The van der Waals surface area contributed by atoms with E-state index in [9.17, 15) is 9.18 Å². The third-order valence-electron chi connectivity index (χ3n) is 5.12. The molecule has 0 aliphatic carbocycles. The average Bonchev–Trinajstić information content (AvgIpc) is 3.07. The fourth-order valence-corrected chi connectivity index (χ4v) is 3.55. The molecular formula is C22H18FN5O2. The van der Waals surface area contributed by atoms with E-state index in [1.807, 2.05) is 31.2 Å².